The van der Waals surface area contributed by atoms with Crippen molar-refractivity contribution in [2.45, 2.75) is 25.7 Å². The maximum atomic E-state index is 12.6. The van der Waals surface area contributed by atoms with Crippen molar-refractivity contribution in [1.29, 1.82) is 0 Å². The van der Waals surface area contributed by atoms with Crippen molar-refractivity contribution in [2.24, 2.45) is 11.8 Å². The molecular weight excluding hydrogens is 496 g/mol. The molecule has 2 heterocycles. The van der Waals surface area contributed by atoms with Crippen LogP contribution in [0.15, 0.2) is 48.5 Å². The minimum absolute atomic E-state index is 0.0554. The summed E-state index contributed by atoms with van der Waals surface area (Å²) in [4.78, 5) is 17.7. The Labute approximate surface area is 229 Å². The van der Waals surface area contributed by atoms with Gasteiger partial charge in [-0.15, -0.1) is 0 Å². The largest absolute Gasteiger partial charge is 0.497 e. The van der Waals surface area contributed by atoms with E-state index in [0.29, 0.717) is 23.3 Å². The zero-order valence-electron chi connectivity index (χ0n) is 22.4. The molecule has 5 rings (SSSR count). The van der Waals surface area contributed by atoms with Crippen LogP contribution in [0.25, 0.3) is 16.2 Å². The van der Waals surface area contributed by atoms with Crippen molar-refractivity contribution in [1.82, 2.24) is 14.6 Å². The molecule has 1 aromatic heterocycles. The third kappa shape index (κ3) is 6.48. The van der Waals surface area contributed by atoms with Gasteiger partial charge in [0.15, 0.2) is 0 Å². The molecule has 2 fully saturated rings. The van der Waals surface area contributed by atoms with E-state index in [0.717, 1.165) is 50.6 Å². The minimum Gasteiger partial charge on any atom is -0.497 e. The number of hydrogen-bond acceptors (Lipinski definition) is 7. The van der Waals surface area contributed by atoms with Crippen LogP contribution in [0.3, 0.4) is 0 Å². The van der Waals surface area contributed by atoms with Crippen LogP contribution in [-0.2, 0) is 4.79 Å². The highest BCUT2D eigenvalue weighted by molar-refractivity contribution is 7.13. The Morgan fingerprint density at radius 2 is 1.74 bits per heavy atom. The van der Waals surface area contributed by atoms with Gasteiger partial charge in [-0.3, -0.25) is 9.69 Å². The molecule has 1 saturated carbocycles. The number of benzene rings is 2. The van der Waals surface area contributed by atoms with Gasteiger partial charge >= 0.3 is 0 Å². The lowest BCUT2D eigenvalue weighted by atomic mass is 9.78. The first-order chi connectivity index (χ1) is 18.6. The molecular formula is C30H38N4O3S. The number of ether oxygens (including phenoxy) is 2. The number of hydrogen-bond donors (Lipinski definition) is 1. The molecule has 1 aliphatic heterocycles. The molecule has 38 heavy (non-hydrogen) atoms. The summed E-state index contributed by atoms with van der Waals surface area (Å²) in [5.41, 5.74) is 0.872. The maximum Gasteiger partial charge on any atom is 0.244 e. The van der Waals surface area contributed by atoms with Crippen LogP contribution in [-0.4, -0.2) is 68.7 Å². The fourth-order valence-corrected chi connectivity index (χ4v) is 6.55. The van der Waals surface area contributed by atoms with E-state index < -0.39 is 0 Å². The number of rotatable bonds is 9. The standard InChI is InChI=1S/C30H38N4O3S/c1-36-25-17-22(18-26(19-25)37-2)11-12-29(35)31-20-23-7-3-4-8-24(23)21-33-13-15-34(16-14-33)30-27-9-5-6-10-28(27)38-32-30/h5-6,9-12,17-19,23-24H,3-4,7-8,13-16,20-21H2,1-2H3,(H,31,35)/b12-11+/t23-,24-/m1/s1. The van der Waals surface area contributed by atoms with Crippen molar-refractivity contribution >= 4 is 39.4 Å². The van der Waals surface area contributed by atoms with Crippen LogP contribution in [0.1, 0.15) is 31.2 Å². The number of piperazine rings is 1. The van der Waals surface area contributed by atoms with E-state index in [-0.39, 0.29) is 5.91 Å². The van der Waals surface area contributed by atoms with Gasteiger partial charge in [0.2, 0.25) is 5.91 Å². The molecule has 2 aromatic carbocycles. The van der Waals surface area contributed by atoms with E-state index >= 15 is 0 Å². The van der Waals surface area contributed by atoms with Crippen molar-refractivity contribution < 1.29 is 14.3 Å². The van der Waals surface area contributed by atoms with Crippen LogP contribution in [0.5, 0.6) is 11.5 Å². The Morgan fingerprint density at radius 1 is 1.03 bits per heavy atom. The van der Waals surface area contributed by atoms with Gasteiger partial charge in [-0.2, -0.15) is 4.37 Å². The van der Waals surface area contributed by atoms with Crippen LogP contribution in [0.2, 0.25) is 0 Å². The van der Waals surface area contributed by atoms with E-state index in [1.807, 2.05) is 24.3 Å². The van der Waals surface area contributed by atoms with Crippen molar-refractivity contribution in [3.05, 3.63) is 54.1 Å². The monoisotopic (exact) mass is 534 g/mol. The average molecular weight is 535 g/mol. The first-order valence-electron chi connectivity index (χ1n) is 13.6. The second-order valence-corrected chi connectivity index (χ2v) is 11.1. The molecule has 202 valence electrons. The van der Waals surface area contributed by atoms with Crippen molar-refractivity contribution in [3.8, 4) is 11.5 Å². The van der Waals surface area contributed by atoms with Crippen LogP contribution >= 0.6 is 11.5 Å². The van der Waals surface area contributed by atoms with Crippen LogP contribution in [0.4, 0.5) is 5.82 Å². The number of nitrogens with one attached hydrogen (secondary N) is 1. The second kappa shape index (κ2) is 12.6. The maximum absolute atomic E-state index is 12.6. The lowest BCUT2D eigenvalue weighted by Crippen LogP contribution is -2.49. The third-order valence-electron chi connectivity index (χ3n) is 7.93. The highest BCUT2D eigenvalue weighted by Crippen LogP contribution is 2.32. The predicted octanol–water partition coefficient (Wildman–Crippen LogP) is 5.07. The molecule has 2 atom stereocenters. The van der Waals surface area contributed by atoms with Gasteiger partial charge in [-0.1, -0.05) is 25.0 Å². The molecule has 3 aromatic rings. The van der Waals surface area contributed by atoms with Crippen LogP contribution < -0.4 is 19.7 Å². The first kappa shape index (κ1) is 26.5. The fraction of sp³-hybridized carbons (Fsp3) is 0.467. The Bertz CT molecular complexity index is 1230. The summed E-state index contributed by atoms with van der Waals surface area (Å²) in [5.74, 6) is 3.65. The Hall–Kier alpha value is -3.10. The van der Waals surface area contributed by atoms with Gasteiger partial charge in [0.1, 0.15) is 17.3 Å². The molecule has 1 N–H and O–H groups in total. The first-order valence-corrected chi connectivity index (χ1v) is 14.4. The Kier molecular flexibility index (Phi) is 8.81. The number of amides is 1. The summed E-state index contributed by atoms with van der Waals surface area (Å²) in [6.07, 6.45) is 8.39. The average Bonchev–Trinajstić information content (AvgIpc) is 3.40. The molecule has 1 amide bonds. The summed E-state index contributed by atoms with van der Waals surface area (Å²) in [6, 6.07) is 14.1. The number of aromatic nitrogens is 1. The lowest BCUT2D eigenvalue weighted by Gasteiger charge is -2.40. The van der Waals surface area contributed by atoms with Gasteiger partial charge in [0.05, 0.1) is 18.9 Å². The number of fused-ring (bicyclic) bond motifs is 1. The van der Waals surface area contributed by atoms with Gasteiger partial charge in [-0.25, -0.2) is 0 Å². The van der Waals surface area contributed by atoms with Crippen molar-refractivity contribution in [2.75, 3.05) is 58.4 Å². The lowest BCUT2D eigenvalue weighted by molar-refractivity contribution is -0.116. The molecule has 0 radical (unpaired) electrons. The summed E-state index contributed by atoms with van der Waals surface area (Å²) in [6.45, 7) is 6.01. The SMILES string of the molecule is COc1cc(/C=C/C(=O)NC[C@H]2CCCC[C@@H]2CN2CCN(c3nsc4ccccc34)CC2)cc(OC)c1. The number of anilines is 1. The zero-order valence-corrected chi connectivity index (χ0v) is 23.2. The number of carbonyl (C=O) groups is 1. The van der Waals surface area contributed by atoms with E-state index in [4.69, 9.17) is 13.8 Å². The van der Waals surface area contributed by atoms with E-state index in [1.165, 1.54) is 35.8 Å². The Morgan fingerprint density at radius 3 is 2.47 bits per heavy atom. The molecule has 2 aliphatic rings. The summed E-state index contributed by atoms with van der Waals surface area (Å²) < 4.78 is 16.7. The van der Waals surface area contributed by atoms with Crippen LogP contribution in [0, 0.1) is 11.8 Å². The predicted molar refractivity (Wildman–Crippen MR) is 155 cm³/mol. The zero-order chi connectivity index (χ0) is 26.3. The molecule has 8 heteroatoms. The molecule has 0 unspecified atom stereocenters. The number of nitrogens with zero attached hydrogens (tertiary/aromatic N) is 3. The van der Waals surface area contributed by atoms with Gasteiger partial charge in [-0.05, 0) is 72.1 Å². The van der Waals surface area contributed by atoms with E-state index in [9.17, 15) is 4.79 Å². The molecule has 0 spiro atoms. The third-order valence-corrected chi connectivity index (χ3v) is 8.75. The molecule has 0 bridgehead atoms. The molecule has 7 nitrogen and oxygen atoms in total. The van der Waals surface area contributed by atoms with E-state index in [2.05, 4.69) is 39.4 Å². The Balaban J connectivity index is 1.11. The van der Waals surface area contributed by atoms with Gasteiger partial charge in [0.25, 0.3) is 0 Å². The van der Waals surface area contributed by atoms with Gasteiger partial charge < -0.3 is 19.7 Å². The summed E-state index contributed by atoms with van der Waals surface area (Å²) in [5, 5.41) is 4.44. The summed E-state index contributed by atoms with van der Waals surface area (Å²) >= 11 is 1.59. The highest BCUT2D eigenvalue weighted by Gasteiger charge is 2.29. The van der Waals surface area contributed by atoms with Gasteiger partial charge in [0, 0.05) is 56.8 Å². The quantitative estimate of drug-likeness (QED) is 0.387. The molecule has 1 saturated heterocycles. The van der Waals surface area contributed by atoms with E-state index in [1.54, 1.807) is 31.8 Å². The number of carbonyl (C=O) groups excluding carboxylic acids is 1. The summed E-state index contributed by atoms with van der Waals surface area (Å²) in [7, 11) is 3.25. The minimum atomic E-state index is -0.0554. The van der Waals surface area contributed by atoms with Crippen molar-refractivity contribution in [3.63, 3.8) is 0 Å². The number of methoxy groups -OCH3 is 2. The highest BCUT2D eigenvalue weighted by atomic mass is 32.1. The topological polar surface area (TPSA) is 66.9 Å². The smallest absolute Gasteiger partial charge is 0.244 e. The normalized spacial score (nSPS) is 20.6. The molecule has 1 aliphatic carbocycles. The fourth-order valence-electron chi connectivity index (χ4n) is 5.76. The second-order valence-electron chi connectivity index (χ2n) is 10.3.